The number of carbonyl (C=O) groups is 3. The number of esters is 1. The lowest BCUT2D eigenvalue weighted by atomic mass is 10.2. The van der Waals surface area contributed by atoms with Crippen LogP contribution in [-0.2, 0) is 25.7 Å². The first kappa shape index (κ1) is 19.3. The lowest BCUT2D eigenvalue weighted by molar-refractivity contribution is -0.154. The summed E-state index contributed by atoms with van der Waals surface area (Å²) in [5.74, 6) is -1.44. The smallest absolute Gasteiger partial charge is 0.326 e. The van der Waals surface area contributed by atoms with Crippen LogP contribution in [0.4, 0.5) is 10.1 Å². The predicted octanol–water partition coefficient (Wildman–Crippen LogP) is 1.80. The second kappa shape index (κ2) is 8.51. The highest BCUT2D eigenvalue weighted by Crippen LogP contribution is 2.31. The molecule has 0 radical (unpaired) electrons. The van der Waals surface area contributed by atoms with Gasteiger partial charge in [-0.05, 0) is 36.8 Å². The Morgan fingerprint density at radius 3 is 2.68 bits per heavy atom. The summed E-state index contributed by atoms with van der Waals surface area (Å²) >= 11 is 0. The molecule has 0 saturated heterocycles. The summed E-state index contributed by atoms with van der Waals surface area (Å²) in [5.41, 5.74) is 1.19. The van der Waals surface area contributed by atoms with Crippen molar-refractivity contribution < 1.29 is 28.2 Å². The van der Waals surface area contributed by atoms with E-state index in [2.05, 4.69) is 5.32 Å². The van der Waals surface area contributed by atoms with E-state index >= 15 is 0 Å². The summed E-state index contributed by atoms with van der Waals surface area (Å²) in [4.78, 5) is 37.7. The molecule has 146 valence electrons. The quantitative estimate of drug-likeness (QED) is 0.766. The third-order valence-corrected chi connectivity index (χ3v) is 4.15. The molecule has 2 aromatic rings. The molecular weight excluding hydrogens is 367 g/mol. The van der Waals surface area contributed by atoms with Crippen molar-refractivity contribution in [1.29, 1.82) is 0 Å². The molecule has 1 heterocycles. The maximum Gasteiger partial charge on any atom is 0.326 e. The van der Waals surface area contributed by atoms with E-state index in [1.165, 1.54) is 24.0 Å². The van der Waals surface area contributed by atoms with Gasteiger partial charge in [0.2, 0.25) is 0 Å². The number of nitrogens with one attached hydrogen (secondary N) is 1. The zero-order chi connectivity index (χ0) is 20.1. The number of rotatable bonds is 6. The van der Waals surface area contributed by atoms with Crippen LogP contribution in [0.3, 0.4) is 0 Å². The van der Waals surface area contributed by atoms with Crippen molar-refractivity contribution in [2.24, 2.45) is 0 Å². The number of ether oxygens (including phenoxy) is 2. The topological polar surface area (TPSA) is 84.9 Å². The van der Waals surface area contributed by atoms with Gasteiger partial charge in [0, 0.05) is 6.54 Å². The first-order valence-electron chi connectivity index (χ1n) is 8.68. The molecule has 0 unspecified atom stereocenters. The van der Waals surface area contributed by atoms with Gasteiger partial charge < -0.3 is 14.8 Å². The second-order valence-corrected chi connectivity index (χ2v) is 6.21. The molecule has 1 atom stereocenters. The Hall–Kier alpha value is -3.42. The van der Waals surface area contributed by atoms with Crippen LogP contribution in [0.15, 0.2) is 48.5 Å². The third kappa shape index (κ3) is 4.64. The number of hydrogen-bond donors (Lipinski definition) is 1. The molecule has 1 N–H and O–H groups in total. The molecule has 0 bridgehead atoms. The first-order valence-corrected chi connectivity index (χ1v) is 8.68. The summed E-state index contributed by atoms with van der Waals surface area (Å²) in [6, 6.07) is 12.5. The van der Waals surface area contributed by atoms with Gasteiger partial charge in [-0.15, -0.1) is 0 Å². The van der Waals surface area contributed by atoms with Crippen molar-refractivity contribution >= 4 is 23.5 Å². The van der Waals surface area contributed by atoms with E-state index in [1.807, 2.05) is 0 Å². The van der Waals surface area contributed by atoms with Crippen molar-refractivity contribution in [3.05, 3.63) is 59.9 Å². The van der Waals surface area contributed by atoms with Crippen molar-refractivity contribution in [1.82, 2.24) is 5.32 Å². The Bertz CT molecular complexity index is 884. The third-order valence-electron chi connectivity index (χ3n) is 4.15. The number of halogens is 1. The van der Waals surface area contributed by atoms with Crippen molar-refractivity contribution in [3.63, 3.8) is 0 Å². The van der Waals surface area contributed by atoms with Crippen LogP contribution < -0.4 is 15.0 Å². The van der Waals surface area contributed by atoms with Gasteiger partial charge in [-0.1, -0.05) is 24.3 Å². The molecule has 8 heteroatoms. The number of amides is 2. The van der Waals surface area contributed by atoms with Crippen LogP contribution in [0.25, 0.3) is 0 Å². The summed E-state index contributed by atoms with van der Waals surface area (Å²) in [6.07, 6.45) is -1.04. The standard InChI is InChI=1S/C20H19FN2O5/c1-13(20(26)22-10-14-6-8-15(21)9-7-14)28-19(25)11-23-16-4-2-3-5-17(16)27-12-18(23)24/h2-9,13H,10-12H2,1H3,(H,22,26)/t13-/m0/s1. The van der Waals surface area contributed by atoms with Crippen molar-refractivity contribution in [2.75, 3.05) is 18.1 Å². The fraction of sp³-hybridized carbons (Fsp3) is 0.250. The molecular formula is C20H19FN2O5. The Balaban J connectivity index is 1.53. The minimum absolute atomic E-state index is 0.169. The van der Waals surface area contributed by atoms with Gasteiger partial charge in [-0.3, -0.25) is 19.3 Å². The molecule has 1 aliphatic rings. The van der Waals surface area contributed by atoms with E-state index in [1.54, 1.807) is 36.4 Å². The van der Waals surface area contributed by atoms with Gasteiger partial charge in [0.25, 0.3) is 11.8 Å². The molecule has 0 spiro atoms. The van der Waals surface area contributed by atoms with E-state index in [-0.39, 0.29) is 31.4 Å². The monoisotopic (exact) mass is 386 g/mol. The molecule has 0 aliphatic carbocycles. The Labute approximate surface area is 161 Å². The molecule has 2 aromatic carbocycles. The minimum Gasteiger partial charge on any atom is -0.482 e. The van der Waals surface area contributed by atoms with E-state index in [0.29, 0.717) is 17.0 Å². The van der Waals surface area contributed by atoms with Crippen LogP contribution in [0, 0.1) is 5.82 Å². The molecule has 0 fully saturated rings. The van der Waals surface area contributed by atoms with Gasteiger partial charge in [0.1, 0.15) is 18.1 Å². The molecule has 3 rings (SSSR count). The zero-order valence-electron chi connectivity index (χ0n) is 15.2. The highest BCUT2D eigenvalue weighted by Gasteiger charge is 2.28. The summed E-state index contributed by atoms with van der Waals surface area (Å²) in [7, 11) is 0. The fourth-order valence-electron chi connectivity index (χ4n) is 2.68. The number of benzene rings is 2. The summed E-state index contributed by atoms with van der Waals surface area (Å²) in [6.45, 7) is 1.12. The van der Waals surface area contributed by atoms with Gasteiger partial charge in [0.15, 0.2) is 12.7 Å². The Kier molecular flexibility index (Phi) is 5.88. The van der Waals surface area contributed by atoms with E-state index in [4.69, 9.17) is 9.47 Å². The first-order chi connectivity index (χ1) is 13.4. The largest absolute Gasteiger partial charge is 0.482 e. The van der Waals surface area contributed by atoms with E-state index in [0.717, 1.165) is 0 Å². The normalized spacial score (nSPS) is 13.9. The van der Waals surface area contributed by atoms with E-state index in [9.17, 15) is 18.8 Å². The second-order valence-electron chi connectivity index (χ2n) is 6.21. The maximum atomic E-state index is 12.9. The number of hydrogen-bond acceptors (Lipinski definition) is 5. The van der Waals surface area contributed by atoms with Gasteiger partial charge in [0.05, 0.1) is 5.69 Å². The lowest BCUT2D eigenvalue weighted by Gasteiger charge is -2.28. The van der Waals surface area contributed by atoms with Gasteiger partial charge in [-0.2, -0.15) is 0 Å². The van der Waals surface area contributed by atoms with Gasteiger partial charge in [-0.25, -0.2) is 4.39 Å². The lowest BCUT2D eigenvalue weighted by Crippen LogP contribution is -2.44. The maximum absolute atomic E-state index is 12.9. The van der Waals surface area contributed by atoms with Gasteiger partial charge >= 0.3 is 5.97 Å². The number of nitrogens with zero attached hydrogens (tertiary/aromatic N) is 1. The van der Waals surface area contributed by atoms with Crippen LogP contribution in [0.2, 0.25) is 0 Å². The number of anilines is 1. The van der Waals surface area contributed by atoms with E-state index < -0.39 is 18.0 Å². The Morgan fingerprint density at radius 2 is 1.93 bits per heavy atom. The fourth-order valence-corrected chi connectivity index (χ4v) is 2.68. The zero-order valence-corrected chi connectivity index (χ0v) is 15.2. The summed E-state index contributed by atoms with van der Waals surface area (Å²) < 4.78 is 23.3. The number of fused-ring (bicyclic) bond motifs is 1. The highest BCUT2D eigenvalue weighted by atomic mass is 19.1. The van der Waals surface area contributed by atoms with Crippen LogP contribution in [0.5, 0.6) is 5.75 Å². The Morgan fingerprint density at radius 1 is 1.21 bits per heavy atom. The predicted molar refractivity (Wildman–Crippen MR) is 98.1 cm³/mol. The molecule has 1 aliphatic heterocycles. The average molecular weight is 386 g/mol. The summed E-state index contributed by atoms with van der Waals surface area (Å²) in [5, 5.41) is 2.61. The van der Waals surface area contributed by atoms with Crippen molar-refractivity contribution in [2.45, 2.75) is 19.6 Å². The molecule has 0 saturated carbocycles. The molecule has 28 heavy (non-hydrogen) atoms. The minimum atomic E-state index is -1.04. The molecule has 0 aromatic heterocycles. The molecule has 7 nitrogen and oxygen atoms in total. The number of carbonyl (C=O) groups excluding carboxylic acids is 3. The highest BCUT2D eigenvalue weighted by molar-refractivity contribution is 6.01. The van der Waals surface area contributed by atoms with Crippen LogP contribution >= 0.6 is 0 Å². The number of para-hydroxylation sites is 2. The van der Waals surface area contributed by atoms with Crippen LogP contribution in [-0.4, -0.2) is 37.0 Å². The SMILES string of the molecule is C[C@H](OC(=O)CN1C(=O)COc2ccccc21)C(=O)NCc1ccc(F)cc1. The molecule has 2 amide bonds. The van der Waals surface area contributed by atoms with Crippen molar-refractivity contribution in [3.8, 4) is 5.75 Å². The van der Waals surface area contributed by atoms with Crippen LogP contribution in [0.1, 0.15) is 12.5 Å². The average Bonchev–Trinajstić information content (AvgIpc) is 2.69.